The lowest BCUT2D eigenvalue weighted by molar-refractivity contribution is -0.385. The zero-order valence-electron chi connectivity index (χ0n) is 9.78. The summed E-state index contributed by atoms with van der Waals surface area (Å²) in [6, 6.07) is 0. The Kier molecular flexibility index (Phi) is 3.18. The Balaban J connectivity index is 2.58. The average Bonchev–Trinajstić information content (AvgIpc) is 2.77. The summed E-state index contributed by atoms with van der Waals surface area (Å²) in [6.07, 6.45) is 5.89. The topological polar surface area (TPSA) is 113 Å². The minimum atomic E-state index is -0.537. The highest BCUT2D eigenvalue weighted by atomic mass is 16.6. The van der Waals surface area contributed by atoms with E-state index >= 15 is 0 Å². The van der Waals surface area contributed by atoms with Crippen molar-refractivity contribution in [3.8, 4) is 5.82 Å². The number of aromatic nitrogens is 4. The average molecular weight is 248 g/mol. The number of aryl methyl sites for hydroxylation is 1. The van der Waals surface area contributed by atoms with Gasteiger partial charge in [0.15, 0.2) is 0 Å². The fraction of sp³-hybridized carbons (Fsp3) is 0.300. The molecule has 0 spiro atoms. The molecule has 0 unspecified atom stereocenters. The quantitative estimate of drug-likeness (QED) is 0.640. The van der Waals surface area contributed by atoms with E-state index in [-0.39, 0.29) is 17.5 Å². The van der Waals surface area contributed by atoms with Gasteiger partial charge in [-0.3, -0.25) is 14.7 Å². The van der Waals surface area contributed by atoms with Crippen LogP contribution in [0.25, 0.3) is 5.82 Å². The summed E-state index contributed by atoms with van der Waals surface area (Å²) in [6.45, 7) is 2.00. The first-order valence-corrected chi connectivity index (χ1v) is 5.43. The maximum Gasteiger partial charge on any atom is 0.330 e. The van der Waals surface area contributed by atoms with Gasteiger partial charge in [0.1, 0.15) is 12.0 Å². The molecule has 8 nitrogen and oxygen atoms in total. The zero-order chi connectivity index (χ0) is 13.1. The van der Waals surface area contributed by atoms with Crippen LogP contribution < -0.4 is 5.73 Å². The molecule has 0 radical (unpaired) electrons. The third kappa shape index (κ3) is 2.12. The number of nitro groups is 1. The van der Waals surface area contributed by atoms with Crippen LogP contribution in [0.4, 0.5) is 11.6 Å². The third-order valence-electron chi connectivity index (χ3n) is 2.38. The van der Waals surface area contributed by atoms with Gasteiger partial charge in [0.25, 0.3) is 0 Å². The van der Waals surface area contributed by atoms with Gasteiger partial charge in [-0.15, -0.1) is 0 Å². The van der Waals surface area contributed by atoms with Crippen molar-refractivity contribution in [1.29, 1.82) is 0 Å². The summed E-state index contributed by atoms with van der Waals surface area (Å²) < 4.78 is 1.57. The van der Waals surface area contributed by atoms with Crippen LogP contribution in [0.3, 0.4) is 0 Å². The smallest absolute Gasteiger partial charge is 0.330 e. The van der Waals surface area contributed by atoms with E-state index in [0.29, 0.717) is 12.2 Å². The number of nitrogen functional groups attached to an aromatic ring is 1. The predicted molar refractivity (Wildman–Crippen MR) is 64.2 cm³/mol. The van der Waals surface area contributed by atoms with Crippen LogP contribution in [0.2, 0.25) is 0 Å². The summed E-state index contributed by atoms with van der Waals surface area (Å²) >= 11 is 0. The van der Waals surface area contributed by atoms with Gasteiger partial charge in [-0.2, -0.15) is 4.98 Å². The van der Waals surface area contributed by atoms with Gasteiger partial charge >= 0.3 is 5.69 Å². The van der Waals surface area contributed by atoms with Crippen molar-refractivity contribution < 1.29 is 4.92 Å². The van der Waals surface area contributed by atoms with Gasteiger partial charge in [0.05, 0.1) is 4.92 Å². The Morgan fingerprint density at radius 3 is 2.94 bits per heavy atom. The van der Waals surface area contributed by atoms with Crippen LogP contribution in [0.1, 0.15) is 19.2 Å². The molecule has 0 aliphatic carbocycles. The largest absolute Gasteiger partial charge is 0.368 e. The summed E-state index contributed by atoms with van der Waals surface area (Å²) in [4.78, 5) is 22.1. The molecule has 2 aromatic rings. The third-order valence-corrected chi connectivity index (χ3v) is 2.38. The molecule has 0 bridgehead atoms. The second-order valence-corrected chi connectivity index (χ2v) is 3.66. The molecule has 0 aromatic carbocycles. The van der Waals surface area contributed by atoms with E-state index in [9.17, 15) is 10.1 Å². The molecule has 0 aliphatic rings. The van der Waals surface area contributed by atoms with Crippen LogP contribution >= 0.6 is 0 Å². The van der Waals surface area contributed by atoms with Crippen molar-refractivity contribution in [2.75, 3.05) is 5.73 Å². The van der Waals surface area contributed by atoms with E-state index in [1.165, 1.54) is 0 Å². The minimum Gasteiger partial charge on any atom is -0.368 e. The summed E-state index contributed by atoms with van der Waals surface area (Å²) in [7, 11) is 0. The van der Waals surface area contributed by atoms with E-state index in [4.69, 9.17) is 5.73 Å². The maximum absolute atomic E-state index is 10.9. The minimum absolute atomic E-state index is 0.00764. The van der Waals surface area contributed by atoms with Gasteiger partial charge in [-0.25, -0.2) is 9.97 Å². The Hall–Kier alpha value is -2.51. The monoisotopic (exact) mass is 248 g/mol. The summed E-state index contributed by atoms with van der Waals surface area (Å²) in [5, 5.41) is 10.9. The van der Waals surface area contributed by atoms with Crippen molar-refractivity contribution in [3.63, 3.8) is 0 Å². The standard InChI is InChI=1S/C10H12N6O2/c1-2-3-8-12-4-5-15(8)9-7(16(17)18)6-13-10(11)14-9/h4-6H,2-3H2,1H3,(H2,11,13,14). The number of hydrogen-bond donors (Lipinski definition) is 1. The van der Waals surface area contributed by atoms with Crippen molar-refractivity contribution in [3.05, 3.63) is 34.5 Å². The van der Waals surface area contributed by atoms with E-state index < -0.39 is 4.92 Å². The fourth-order valence-electron chi connectivity index (χ4n) is 1.62. The number of nitrogens with zero attached hydrogens (tertiary/aromatic N) is 5. The molecular formula is C10H12N6O2. The van der Waals surface area contributed by atoms with Gasteiger partial charge in [-0.05, 0) is 6.42 Å². The molecule has 2 aromatic heterocycles. The molecule has 0 saturated carbocycles. The van der Waals surface area contributed by atoms with E-state index in [2.05, 4.69) is 15.0 Å². The Bertz CT molecular complexity index is 579. The van der Waals surface area contributed by atoms with Crippen LogP contribution in [0, 0.1) is 10.1 Å². The highest BCUT2D eigenvalue weighted by Crippen LogP contribution is 2.21. The van der Waals surface area contributed by atoms with Gasteiger partial charge in [0.2, 0.25) is 11.8 Å². The second kappa shape index (κ2) is 4.78. The summed E-state index contributed by atoms with van der Waals surface area (Å²) in [5.74, 6) is 0.846. The molecule has 8 heteroatoms. The lowest BCUT2D eigenvalue weighted by Gasteiger charge is -2.06. The first-order valence-electron chi connectivity index (χ1n) is 5.43. The van der Waals surface area contributed by atoms with Gasteiger partial charge < -0.3 is 5.73 Å². The highest BCUT2D eigenvalue weighted by molar-refractivity contribution is 5.48. The number of anilines is 1. The molecule has 0 saturated heterocycles. The number of imidazole rings is 1. The fourth-order valence-corrected chi connectivity index (χ4v) is 1.62. The first-order chi connectivity index (χ1) is 8.63. The molecule has 2 N–H and O–H groups in total. The van der Waals surface area contributed by atoms with Crippen molar-refractivity contribution in [2.24, 2.45) is 0 Å². The Morgan fingerprint density at radius 1 is 1.50 bits per heavy atom. The molecule has 2 rings (SSSR count). The molecule has 18 heavy (non-hydrogen) atoms. The SMILES string of the molecule is CCCc1nccn1-c1nc(N)ncc1[N+](=O)[O-]. The molecule has 0 atom stereocenters. The van der Waals surface area contributed by atoms with Crippen LogP contribution in [0.5, 0.6) is 0 Å². The van der Waals surface area contributed by atoms with Crippen LogP contribution in [-0.2, 0) is 6.42 Å². The highest BCUT2D eigenvalue weighted by Gasteiger charge is 2.20. The molecule has 2 heterocycles. The van der Waals surface area contributed by atoms with E-state index in [1.54, 1.807) is 17.0 Å². The molecule has 0 amide bonds. The number of rotatable bonds is 4. The van der Waals surface area contributed by atoms with E-state index in [1.807, 2.05) is 6.92 Å². The number of hydrogen-bond acceptors (Lipinski definition) is 6. The van der Waals surface area contributed by atoms with Crippen molar-refractivity contribution >= 4 is 11.6 Å². The van der Waals surface area contributed by atoms with Crippen LogP contribution in [0.15, 0.2) is 18.6 Å². The van der Waals surface area contributed by atoms with Gasteiger partial charge in [-0.1, -0.05) is 6.92 Å². The molecular weight excluding hydrogens is 236 g/mol. The zero-order valence-corrected chi connectivity index (χ0v) is 9.78. The van der Waals surface area contributed by atoms with Gasteiger partial charge in [0, 0.05) is 18.8 Å². The van der Waals surface area contributed by atoms with Crippen molar-refractivity contribution in [2.45, 2.75) is 19.8 Å². The Morgan fingerprint density at radius 2 is 2.28 bits per heavy atom. The predicted octanol–water partition coefficient (Wildman–Crippen LogP) is 1.11. The Labute approximate surface area is 103 Å². The lowest BCUT2D eigenvalue weighted by atomic mass is 10.3. The molecule has 94 valence electrons. The lowest BCUT2D eigenvalue weighted by Crippen LogP contribution is -2.09. The second-order valence-electron chi connectivity index (χ2n) is 3.66. The van der Waals surface area contributed by atoms with Crippen molar-refractivity contribution in [1.82, 2.24) is 19.5 Å². The van der Waals surface area contributed by atoms with Crippen LogP contribution in [-0.4, -0.2) is 24.4 Å². The normalized spacial score (nSPS) is 10.5. The first kappa shape index (κ1) is 12.0. The molecule has 0 aliphatic heterocycles. The summed E-state index contributed by atoms with van der Waals surface area (Å²) in [5.41, 5.74) is 5.28. The molecule has 0 fully saturated rings. The van der Waals surface area contributed by atoms with E-state index in [0.717, 1.165) is 12.6 Å². The maximum atomic E-state index is 10.9. The number of nitrogens with two attached hydrogens (primary N) is 1.